The summed E-state index contributed by atoms with van der Waals surface area (Å²) in [4.78, 5) is 0. The molecule has 0 N–H and O–H groups in total. The summed E-state index contributed by atoms with van der Waals surface area (Å²) >= 11 is 0. The van der Waals surface area contributed by atoms with Crippen molar-refractivity contribution >= 4 is 64.6 Å². The average molecular weight is 799 g/mol. The third-order valence-corrected chi connectivity index (χ3v) is 12.2. The standard InChI is InChI=1S/C58H42N2O2/c1-2-3-4-5-6-7-34-61-50-30-26-48(27-31-50)57-59-60-58(62-57)49-36-38(14-16-40-18-20-46-24-22-42-10-8-12-44-28-32-51(40)55(46)53(42)44)35-39(37-49)15-17-41-19-21-47-25-23-43-11-9-13-45-29-33-52(41)56(47)54(43)45/h8-13,18-33,35-37H,2-7,34H2,1H3. The van der Waals surface area contributed by atoms with Crippen LogP contribution in [0.4, 0.5) is 0 Å². The van der Waals surface area contributed by atoms with Crippen LogP contribution in [0.1, 0.15) is 67.7 Å². The molecule has 0 saturated carbocycles. The lowest BCUT2D eigenvalue weighted by Gasteiger charge is -2.11. The van der Waals surface area contributed by atoms with Crippen LogP contribution in [0.3, 0.4) is 0 Å². The Hall–Kier alpha value is -7.66. The lowest BCUT2D eigenvalue weighted by atomic mass is 9.92. The molecule has 0 aliphatic heterocycles. The molecule has 0 unspecified atom stereocenters. The predicted octanol–water partition coefficient (Wildman–Crippen LogP) is 14.7. The summed E-state index contributed by atoms with van der Waals surface area (Å²) in [6, 6.07) is 53.2. The molecule has 11 aromatic rings. The van der Waals surface area contributed by atoms with Gasteiger partial charge in [0, 0.05) is 33.4 Å². The van der Waals surface area contributed by atoms with Gasteiger partial charge in [-0.05, 0) is 126 Å². The van der Waals surface area contributed by atoms with Crippen molar-refractivity contribution in [1.29, 1.82) is 0 Å². The molecule has 0 fully saturated rings. The number of rotatable bonds is 10. The fourth-order valence-corrected chi connectivity index (χ4v) is 9.09. The van der Waals surface area contributed by atoms with Crippen LogP contribution in [0, 0.1) is 23.7 Å². The Morgan fingerprint density at radius 2 is 0.903 bits per heavy atom. The molecule has 4 nitrogen and oxygen atoms in total. The van der Waals surface area contributed by atoms with Gasteiger partial charge in [-0.25, -0.2) is 0 Å². The molecule has 0 spiro atoms. The second kappa shape index (κ2) is 16.1. The van der Waals surface area contributed by atoms with Crippen LogP contribution in [-0.4, -0.2) is 16.8 Å². The summed E-state index contributed by atoms with van der Waals surface area (Å²) in [5.74, 6) is 15.8. The number of unbranched alkanes of at least 4 members (excludes halogenated alkanes) is 5. The molecule has 0 bridgehead atoms. The second-order valence-electron chi connectivity index (χ2n) is 16.3. The number of nitrogens with zero attached hydrogens (tertiary/aromatic N) is 2. The maximum absolute atomic E-state index is 6.36. The molecule has 1 aromatic heterocycles. The third-order valence-electron chi connectivity index (χ3n) is 12.2. The zero-order valence-corrected chi connectivity index (χ0v) is 34.6. The van der Waals surface area contributed by atoms with Crippen LogP contribution < -0.4 is 4.74 Å². The summed E-state index contributed by atoms with van der Waals surface area (Å²) in [5, 5.41) is 23.7. The van der Waals surface area contributed by atoms with Gasteiger partial charge in [0.05, 0.1) is 6.61 Å². The van der Waals surface area contributed by atoms with Crippen LogP contribution in [0.15, 0.2) is 156 Å². The van der Waals surface area contributed by atoms with Crippen LogP contribution in [-0.2, 0) is 0 Å². The van der Waals surface area contributed by atoms with Crippen molar-refractivity contribution in [2.45, 2.75) is 45.4 Å². The van der Waals surface area contributed by atoms with Gasteiger partial charge in [0.15, 0.2) is 0 Å². The molecular weight excluding hydrogens is 757 g/mol. The summed E-state index contributed by atoms with van der Waals surface area (Å²) < 4.78 is 12.4. The van der Waals surface area contributed by atoms with E-state index in [-0.39, 0.29) is 0 Å². The van der Waals surface area contributed by atoms with Crippen molar-refractivity contribution < 1.29 is 9.15 Å². The van der Waals surface area contributed by atoms with Gasteiger partial charge in [-0.2, -0.15) is 0 Å². The first-order valence-electron chi connectivity index (χ1n) is 21.8. The van der Waals surface area contributed by atoms with Crippen LogP contribution in [0.2, 0.25) is 0 Å². The SMILES string of the molecule is CCCCCCCCOc1ccc(-c2nnc(-c3cc(C#Cc4ccc5ccc6cccc7ccc4c5c67)cc(C#Cc4ccc5ccc6cccc7ccc4c5c67)c3)o2)cc1. The molecule has 0 atom stereocenters. The molecule has 296 valence electrons. The smallest absolute Gasteiger partial charge is 0.248 e. The molecule has 62 heavy (non-hydrogen) atoms. The Morgan fingerprint density at radius 1 is 0.435 bits per heavy atom. The van der Waals surface area contributed by atoms with Crippen LogP contribution in [0.25, 0.3) is 87.5 Å². The molecule has 0 amide bonds. The van der Waals surface area contributed by atoms with E-state index in [1.54, 1.807) is 0 Å². The fraction of sp³-hybridized carbons (Fsp3) is 0.138. The lowest BCUT2D eigenvalue weighted by Crippen LogP contribution is -1.97. The van der Waals surface area contributed by atoms with Crippen molar-refractivity contribution in [3.8, 4) is 52.3 Å². The van der Waals surface area contributed by atoms with E-state index in [1.165, 1.54) is 86.0 Å². The van der Waals surface area contributed by atoms with E-state index in [9.17, 15) is 0 Å². The highest BCUT2D eigenvalue weighted by molar-refractivity contribution is 6.25. The van der Waals surface area contributed by atoms with E-state index in [1.807, 2.05) is 36.4 Å². The number of ether oxygens (including phenoxy) is 1. The molecule has 11 rings (SSSR count). The highest BCUT2D eigenvalue weighted by Gasteiger charge is 2.15. The van der Waals surface area contributed by atoms with Crippen molar-refractivity contribution in [3.63, 3.8) is 0 Å². The maximum atomic E-state index is 6.36. The van der Waals surface area contributed by atoms with E-state index in [4.69, 9.17) is 9.15 Å². The first-order valence-corrected chi connectivity index (χ1v) is 21.8. The zero-order chi connectivity index (χ0) is 41.4. The maximum Gasteiger partial charge on any atom is 0.248 e. The van der Waals surface area contributed by atoms with Gasteiger partial charge in [-0.1, -0.05) is 160 Å². The molecule has 0 saturated heterocycles. The molecule has 1 heterocycles. The Bertz CT molecular complexity index is 3340. The van der Waals surface area contributed by atoms with Crippen LogP contribution in [0.5, 0.6) is 5.75 Å². The van der Waals surface area contributed by atoms with Crippen LogP contribution >= 0.6 is 0 Å². The van der Waals surface area contributed by atoms with Crippen molar-refractivity contribution in [1.82, 2.24) is 10.2 Å². The van der Waals surface area contributed by atoms with Gasteiger partial charge in [0.1, 0.15) is 5.75 Å². The Morgan fingerprint density at radius 3 is 1.45 bits per heavy atom. The summed E-state index contributed by atoms with van der Waals surface area (Å²) in [6.45, 7) is 2.96. The monoisotopic (exact) mass is 798 g/mol. The van der Waals surface area contributed by atoms with Gasteiger partial charge in [0.25, 0.3) is 0 Å². The molecule has 0 aliphatic carbocycles. The molecule has 0 aliphatic rings. The molecule has 4 heteroatoms. The quantitative estimate of drug-likeness (QED) is 0.0785. The topological polar surface area (TPSA) is 48.2 Å². The molecule has 10 aromatic carbocycles. The van der Waals surface area contributed by atoms with E-state index >= 15 is 0 Å². The molecular formula is C58H42N2O2. The minimum Gasteiger partial charge on any atom is -0.494 e. The number of hydrogen-bond donors (Lipinski definition) is 0. The van der Waals surface area contributed by atoms with Crippen molar-refractivity contribution in [2.24, 2.45) is 0 Å². The van der Waals surface area contributed by atoms with Gasteiger partial charge in [0.2, 0.25) is 11.8 Å². The van der Waals surface area contributed by atoms with Gasteiger partial charge in [-0.15, -0.1) is 10.2 Å². The van der Waals surface area contributed by atoms with Crippen molar-refractivity contribution in [3.05, 3.63) is 174 Å². The largest absolute Gasteiger partial charge is 0.494 e. The summed E-state index contributed by atoms with van der Waals surface area (Å²) in [7, 11) is 0. The van der Waals surface area contributed by atoms with Gasteiger partial charge in [-0.3, -0.25) is 0 Å². The predicted molar refractivity (Wildman–Crippen MR) is 256 cm³/mol. The number of aromatic nitrogens is 2. The van der Waals surface area contributed by atoms with Crippen molar-refractivity contribution in [2.75, 3.05) is 6.61 Å². The fourth-order valence-electron chi connectivity index (χ4n) is 9.09. The highest BCUT2D eigenvalue weighted by Crippen LogP contribution is 2.37. The number of benzene rings is 10. The highest BCUT2D eigenvalue weighted by atomic mass is 16.5. The zero-order valence-electron chi connectivity index (χ0n) is 34.6. The third kappa shape index (κ3) is 7.00. The average Bonchev–Trinajstić information content (AvgIpc) is 3.82. The number of hydrogen-bond acceptors (Lipinski definition) is 4. The Balaban J connectivity index is 0.950. The minimum atomic E-state index is 0.403. The van der Waals surface area contributed by atoms with Gasteiger partial charge < -0.3 is 9.15 Å². The summed E-state index contributed by atoms with van der Waals surface area (Å²) in [5.41, 5.74) is 5.14. The lowest BCUT2D eigenvalue weighted by molar-refractivity contribution is 0.304. The van der Waals surface area contributed by atoms with E-state index < -0.39 is 0 Å². The normalized spacial score (nSPS) is 11.5. The minimum absolute atomic E-state index is 0.403. The Kier molecular flexibility index (Phi) is 9.68. The van der Waals surface area contributed by atoms with E-state index in [2.05, 4.69) is 156 Å². The Labute approximate surface area is 360 Å². The first kappa shape index (κ1) is 37.3. The first-order chi connectivity index (χ1) is 30.7. The van der Waals surface area contributed by atoms with E-state index in [0.717, 1.165) is 56.3 Å². The van der Waals surface area contributed by atoms with E-state index in [0.29, 0.717) is 18.4 Å². The molecule has 0 radical (unpaired) electrons. The van der Waals surface area contributed by atoms with Gasteiger partial charge >= 0.3 is 0 Å². The summed E-state index contributed by atoms with van der Waals surface area (Å²) in [6.07, 6.45) is 7.39. The second-order valence-corrected chi connectivity index (χ2v) is 16.3.